The van der Waals surface area contributed by atoms with Gasteiger partial charge in [-0.2, -0.15) is 0 Å². The van der Waals surface area contributed by atoms with Crippen LogP contribution in [0.4, 0.5) is 0 Å². The van der Waals surface area contributed by atoms with Crippen LogP contribution in [0.15, 0.2) is 34.2 Å². The molecule has 0 atom stereocenters. The summed E-state index contributed by atoms with van der Waals surface area (Å²) in [7, 11) is 1.37. The fourth-order valence-corrected chi connectivity index (χ4v) is 2.82. The molecule has 9 heteroatoms. The predicted molar refractivity (Wildman–Crippen MR) is 112 cm³/mol. The lowest BCUT2D eigenvalue weighted by Crippen LogP contribution is -2.37. The number of aliphatic imine (C=N–C) groups is 1. The van der Waals surface area contributed by atoms with E-state index < -0.39 is 10.0 Å². The monoisotopic (exact) mass is 484 g/mol. The van der Waals surface area contributed by atoms with E-state index in [0.29, 0.717) is 12.5 Å². The molecule has 1 aromatic rings. The van der Waals surface area contributed by atoms with Gasteiger partial charge in [0.25, 0.3) is 0 Å². The molecule has 0 heterocycles. The minimum absolute atomic E-state index is 0. The van der Waals surface area contributed by atoms with Gasteiger partial charge in [-0.1, -0.05) is 12.1 Å². The number of halogens is 1. The van der Waals surface area contributed by atoms with Crippen LogP contribution in [-0.2, 0) is 21.3 Å². The number of benzene rings is 1. The van der Waals surface area contributed by atoms with Crippen molar-refractivity contribution in [3.8, 4) is 0 Å². The summed E-state index contributed by atoms with van der Waals surface area (Å²) in [5, 5.41) is 6.40. The van der Waals surface area contributed by atoms with Gasteiger partial charge in [0.05, 0.1) is 4.90 Å². The number of ether oxygens (including phenoxy) is 1. The molecule has 2 N–H and O–H groups in total. The van der Waals surface area contributed by atoms with Crippen LogP contribution in [0, 0.1) is 0 Å². The van der Waals surface area contributed by atoms with Crippen molar-refractivity contribution < 1.29 is 13.2 Å². The van der Waals surface area contributed by atoms with E-state index in [-0.39, 0.29) is 28.9 Å². The van der Waals surface area contributed by atoms with Crippen LogP contribution in [0.2, 0.25) is 0 Å². The lowest BCUT2D eigenvalue weighted by Gasteiger charge is -2.13. The number of guanidine groups is 1. The quantitative estimate of drug-likeness (QED) is 0.241. The van der Waals surface area contributed by atoms with Gasteiger partial charge in [-0.3, -0.25) is 4.99 Å². The Morgan fingerprint density at radius 3 is 2.36 bits per heavy atom. The fourth-order valence-electron chi connectivity index (χ4n) is 1.92. The van der Waals surface area contributed by atoms with Gasteiger partial charge in [0.1, 0.15) is 0 Å². The van der Waals surface area contributed by atoms with Gasteiger partial charge >= 0.3 is 0 Å². The summed E-state index contributed by atoms with van der Waals surface area (Å²) >= 11 is 0. The lowest BCUT2D eigenvalue weighted by atomic mass is 10.2. The second-order valence-electron chi connectivity index (χ2n) is 5.33. The Morgan fingerprint density at radius 2 is 1.84 bits per heavy atom. The Morgan fingerprint density at radius 1 is 1.20 bits per heavy atom. The minimum atomic E-state index is -3.38. The Bertz CT molecular complexity index is 619. The maximum absolute atomic E-state index is 12.0. The first-order chi connectivity index (χ1) is 11.4. The fraction of sp³-hybridized carbons (Fsp3) is 0.562. The van der Waals surface area contributed by atoms with E-state index in [1.54, 1.807) is 31.3 Å². The molecular formula is C16H29IN4O3S. The van der Waals surface area contributed by atoms with Crippen molar-refractivity contribution in [1.82, 2.24) is 14.9 Å². The molecule has 0 amide bonds. The highest BCUT2D eigenvalue weighted by atomic mass is 127. The average Bonchev–Trinajstić information content (AvgIpc) is 2.57. The highest BCUT2D eigenvalue weighted by Crippen LogP contribution is 2.13. The third-order valence-corrected chi connectivity index (χ3v) is 5.18. The zero-order valence-corrected chi connectivity index (χ0v) is 18.4. The number of sulfonamides is 1. The van der Waals surface area contributed by atoms with Crippen molar-refractivity contribution in [2.75, 3.05) is 40.9 Å². The van der Waals surface area contributed by atoms with Crippen molar-refractivity contribution in [2.24, 2.45) is 4.99 Å². The number of rotatable bonds is 9. The third-order valence-electron chi connectivity index (χ3n) is 3.35. The van der Waals surface area contributed by atoms with Crippen LogP contribution in [0.3, 0.4) is 0 Å². The van der Waals surface area contributed by atoms with E-state index in [1.165, 1.54) is 18.4 Å². The molecule has 0 fully saturated rings. The first kappa shape index (κ1) is 24.1. The Balaban J connectivity index is 0.00000576. The molecule has 0 aliphatic carbocycles. The van der Waals surface area contributed by atoms with Crippen LogP contribution < -0.4 is 10.6 Å². The molecule has 7 nitrogen and oxygen atoms in total. The summed E-state index contributed by atoms with van der Waals surface area (Å²) in [6.45, 7) is 4.77. The van der Waals surface area contributed by atoms with Gasteiger partial charge in [-0.25, -0.2) is 12.7 Å². The highest BCUT2D eigenvalue weighted by Gasteiger charge is 2.16. The topological polar surface area (TPSA) is 83.0 Å². The first-order valence-corrected chi connectivity index (χ1v) is 9.39. The maximum Gasteiger partial charge on any atom is 0.242 e. The molecule has 0 bridgehead atoms. The third kappa shape index (κ3) is 8.34. The summed E-state index contributed by atoms with van der Waals surface area (Å²) in [5.74, 6) is 0.705. The predicted octanol–water partition coefficient (Wildman–Crippen LogP) is 1.65. The smallest absolute Gasteiger partial charge is 0.242 e. The summed E-state index contributed by atoms with van der Waals surface area (Å²) < 4.78 is 30.5. The van der Waals surface area contributed by atoms with E-state index in [0.717, 1.165) is 31.7 Å². The van der Waals surface area contributed by atoms with Crippen LogP contribution >= 0.6 is 24.0 Å². The summed E-state index contributed by atoms with van der Waals surface area (Å²) in [6, 6.07) is 6.83. The standard InChI is InChI=1S/C16H28N4O3S.HI/c1-5-23-12-6-11-18-16(17-2)19-13-14-7-9-15(10-8-14)24(21,22)20(3)4;/h7-10H,5-6,11-13H2,1-4H3,(H2,17,18,19);1H. The number of nitrogens with zero attached hydrogens (tertiary/aromatic N) is 2. The average molecular weight is 484 g/mol. The molecule has 144 valence electrons. The van der Waals surface area contributed by atoms with Crippen molar-refractivity contribution >= 4 is 40.0 Å². The van der Waals surface area contributed by atoms with Crippen molar-refractivity contribution in [3.63, 3.8) is 0 Å². The molecule has 0 unspecified atom stereocenters. The second-order valence-corrected chi connectivity index (χ2v) is 7.49. The molecule has 0 aliphatic rings. The summed E-state index contributed by atoms with van der Waals surface area (Å²) in [5.41, 5.74) is 0.977. The molecule has 0 aliphatic heterocycles. The normalized spacial score (nSPS) is 12.0. The number of nitrogens with one attached hydrogen (secondary N) is 2. The van der Waals surface area contributed by atoms with E-state index in [1.807, 2.05) is 6.92 Å². The number of hydrogen-bond acceptors (Lipinski definition) is 4. The Labute approximate surface area is 168 Å². The van der Waals surface area contributed by atoms with E-state index in [2.05, 4.69) is 15.6 Å². The first-order valence-electron chi connectivity index (χ1n) is 7.95. The van der Waals surface area contributed by atoms with Crippen LogP contribution in [0.1, 0.15) is 18.9 Å². The van der Waals surface area contributed by atoms with Crippen molar-refractivity contribution in [1.29, 1.82) is 0 Å². The van der Waals surface area contributed by atoms with Gasteiger partial charge in [0, 0.05) is 47.4 Å². The molecule has 0 aromatic heterocycles. The van der Waals surface area contributed by atoms with Gasteiger partial charge < -0.3 is 15.4 Å². The molecule has 0 radical (unpaired) electrons. The zero-order valence-electron chi connectivity index (χ0n) is 15.3. The van der Waals surface area contributed by atoms with Gasteiger partial charge in [0.15, 0.2) is 5.96 Å². The number of hydrogen-bond donors (Lipinski definition) is 2. The van der Waals surface area contributed by atoms with E-state index in [9.17, 15) is 8.42 Å². The molecule has 1 aromatic carbocycles. The van der Waals surface area contributed by atoms with Crippen LogP contribution in [0.25, 0.3) is 0 Å². The van der Waals surface area contributed by atoms with E-state index in [4.69, 9.17) is 4.74 Å². The van der Waals surface area contributed by atoms with Gasteiger partial charge in [-0.05, 0) is 31.0 Å². The lowest BCUT2D eigenvalue weighted by molar-refractivity contribution is 0.145. The molecular weight excluding hydrogens is 455 g/mol. The highest BCUT2D eigenvalue weighted by molar-refractivity contribution is 14.0. The van der Waals surface area contributed by atoms with Crippen LogP contribution in [0.5, 0.6) is 0 Å². The van der Waals surface area contributed by atoms with Crippen LogP contribution in [-0.4, -0.2) is 59.6 Å². The van der Waals surface area contributed by atoms with Crippen molar-refractivity contribution in [2.45, 2.75) is 24.8 Å². The molecule has 1 rings (SSSR count). The minimum Gasteiger partial charge on any atom is -0.382 e. The molecule has 0 saturated heterocycles. The largest absolute Gasteiger partial charge is 0.382 e. The maximum atomic E-state index is 12.0. The Hall–Kier alpha value is -0.910. The van der Waals surface area contributed by atoms with E-state index >= 15 is 0 Å². The second kappa shape index (κ2) is 12.4. The Kier molecular flexibility index (Phi) is 12.0. The van der Waals surface area contributed by atoms with Gasteiger partial charge in [0.2, 0.25) is 10.0 Å². The molecule has 0 spiro atoms. The molecule has 0 saturated carbocycles. The van der Waals surface area contributed by atoms with Gasteiger partial charge in [-0.15, -0.1) is 24.0 Å². The van der Waals surface area contributed by atoms with Crippen molar-refractivity contribution in [3.05, 3.63) is 29.8 Å². The summed E-state index contributed by atoms with van der Waals surface area (Å²) in [4.78, 5) is 4.44. The molecule has 25 heavy (non-hydrogen) atoms. The zero-order chi connectivity index (χ0) is 18.0. The SMILES string of the molecule is CCOCCCNC(=NC)NCc1ccc(S(=O)(=O)N(C)C)cc1.I. The summed E-state index contributed by atoms with van der Waals surface area (Å²) in [6.07, 6.45) is 0.908.